The second kappa shape index (κ2) is 5.64. The van der Waals surface area contributed by atoms with Crippen molar-refractivity contribution in [3.63, 3.8) is 0 Å². The molecule has 1 atom stereocenters. The van der Waals surface area contributed by atoms with Gasteiger partial charge in [-0.05, 0) is 23.6 Å². The Kier molecular flexibility index (Phi) is 3.87. The highest BCUT2D eigenvalue weighted by Gasteiger charge is 2.16. The summed E-state index contributed by atoms with van der Waals surface area (Å²) in [6.07, 6.45) is 2.81. The van der Waals surface area contributed by atoms with Crippen molar-refractivity contribution in [2.75, 3.05) is 0 Å². The summed E-state index contributed by atoms with van der Waals surface area (Å²) >= 11 is 6.93. The van der Waals surface area contributed by atoms with Crippen LogP contribution in [0.1, 0.15) is 17.2 Å². The van der Waals surface area contributed by atoms with Crippen molar-refractivity contribution in [2.24, 2.45) is 0 Å². The summed E-state index contributed by atoms with van der Waals surface area (Å²) in [6, 6.07) is 13.7. The number of hydrogen-bond donors (Lipinski definition) is 1. The summed E-state index contributed by atoms with van der Waals surface area (Å²) < 4.78 is 1.81. The zero-order valence-corrected chi connectivity index (χ0v) is 13.6. The minimum atomic E-state index is -0.722. The fourth-order valence-corrected chi connectivity index (χ4v) is 3.09. The molecule has 0 bridgehead atoms. The van der Waals surface area contributed by atoms with Crippen molar-refractivity contribution in [3.05, 3.63) is 74.9 Å². The molecule has 0 aliphatic rings. The summed E-state index contributed by atoms with van der Waals surface area (Å²) in [7, 11) is 0. The fourth-order valence-electron chi connectivity index (χ4n) is 2.25. The highest BCUT2D eigenvalue weighted by atomic mass is 79.9. The van der Waals surface area contributed by atoms with Crippen molar-refractivity contribution in [1.82, 2.24) is 4.98 Å². The molecule has 3 rings (SSSR count). The second-order valence-electron chi connectivity index (χ2n) is 4.52. The highest BCUT2D eigenvalue weighted by molar-refractivity contribution is 9.11. The van der Waals surface area contributed by atoms with Gasteiger partial charge in [0.25, 0.3) is 0 Å². The lowest BCUT2D eigenvalue weighted by Gasteiger charge is -2.15. The number of halogens is 2. The molecule has 1 heterocycles. The van der Waals surface area contributed by atoms with Crippen molar-refractivity contribution < 1.29 is 5.11 Å². The molecule has 0 fully saturated rings. The zero-order chi connectivity index (χ0) is 14.1. The van der Waals surface area contributed by atoms with E-state index in [1.54, 1.807) is 6.20 Å². The fraction of sp³-hybridized carbons (Fsp3) is 0.0625. The maximum Gasteiger partial charge on any atom is 0.107 e. The van der Waals surface area contributed by atoms with Crippen molar-refractivity contribution in [3.8, 4) is 0 Å². The molecule has 4 heteroatoms. The number of pyridine rings is 1. The van der Waals surface area contributed by atoms with Crippen LogP contribution >= 0.6 is 31.9 Å². The van der Waals surface area contributed by atoms with Crippen molar-refractivity contribution >= 4 is 42.6 Å². The standard InChI is InChI=1S/C16H11Br2NO/c17-11-5-6-15(18)13(7-11)16(20)14-9-19-8-10-3-1-2-4-12(10)14/h1-9,16,20H. The summed E-state index contributed by atoms with van der Waals surface area (Å²) in [5.74, 6) is 0. The minimum absolute atomic E-state index is 0.722. The number of fused-ring (bicyclic) bond motifs is 1. The number of benzene rings is 2. The molecule has 0 saturated heterocycles. The Bertz CT molecular complexity index is 768. The van der Waals surface area contributed by atoms with E-state index in [1.165, 1.54) is 0 Å². The van der Waals surface area contributed by atoms with Gasteiger partial charge >= 0.3 is 0 Å². The normalized spacial score (nSPS) is 12.6. The quantitative estimate of drug-likeness (QED) is 0.676. The van der Waals surface area contributed by atoms with Gasteiger partial charge in [-0.15, -0.1) is 0 Å². The summed E-state index contributed by atoms with van der Waals surface area (Å²) in [5, 5.41) is 12.7. The van der Waals surface area contributed by atoms with Crippen LogP contribution in [0.2, 0.25) is 0 Å². The Morgan fingerprint density at radius 1 is 0.950 bits per heavy atom. The molecule has 1 N–H and O–H groups in total. The SMILES string of the molecule is OC(c1cc(Br)ccc1Br)c1cncc2ccccc12. The molecule has 0 radical (unpaired) electrons. The smallest absolute Gasteiger partial charge is 0.107 e. The maximum atomic E-state index is 10.7. The number of aliphatic hydroxyl groups excluding tert-OH is 1. The van der Waals surface area contributed by atoms with Gasteiger partial charge in [-0.25, -0.2) is 0 Å². The third-order valence-corrected chi connectivity index (χ3v) is 4.46. The second-order valence-corrected chi connectivity index (χ2v) is 6.29. The van der Waals surface area contributed by atoms with Crippen LogP contribution in [0.15, 0.2) is 63.8 Å². The van der Waals surface area contributed by atoms with Gasteiger partial charge in [0.05, 0.1) is 0 Å². The molecular weight excluding hydrogens is 382 g/mol. The molecule has 0 aliphatic heterocycles. The first-order chi connectivity index (χ1) is 9.66. The van der Waals surface area contributed by atoms with E-state index in [0.717, 1.165) is 30.8 Å². The molecule has 1 unspecified atom stereocenters. The van der Waals surface area contributed by atoms with Gasteiger partial charge in [0, 0.05) is 37.9 Å². The summed E-state index contributed by atoms with van der Waals surface area (Å²) in [6.45, 7) is 0. The Labute approximate surface area is 133 Å². The molecule has 2 nitrogen and oxygen atoms in total. The molecule has 0 amide bonds. The number of aliphatic hydroxyl groups is 1. The van der Waals surface area contributed by atoms with Gasteiger partial charge in [0.15, 0.2) is 0 Å². The molecule has 0 aliphatic carbocycles. The summed E-state index contributed by atoms with van der Waals surface area (Å²) in [5.41, 5.74) is 1.62. The molecule has 100 valence electrons. The largest absolute Gasteiger partial charge is 0.384 e. The first kappa shape index (κ1) is 13.7. The third-order valence-electron chi connectivity index (χ3n) is 3.25. The van der Waals surface area contributed by atoms with E-state index in [1.807, 2.05) is 48.7 Å². The lowest BCUT2D eigenvalue weighted by Crippen LogP contribution is -2.02. The lowest BCUT2D eigenvalue weighted by molar-refractivity contribution is 0.220. The van der Waals surface area contributed by atoms with Crippen LogP contribution in [0.3, 0.4) is 0 Å². The first-order valence-electron chi connectivity index (χ1n) is 6.12. The Morgan fingerprint density at radius 3 is 2.60 bits per heavy atom. The lowest BCUT2D eigenvalue weighted by atomic mass is 9.98. The zero-order valence-electron chi connectivity index (χ0n) is 10.4. The first-order valence-corrected chi connectivity index (χ1v) is 7.71. The number of hydrogen-bond acceptors (Lipinski definition) is 2. The summed E-state index contributed by atoms with van der Waals surface area (Å²) in [4.78, 5) is 4.22. The van der Waals surface area contributed by atoms with Gasteiger partial charge in [0.2, 0.25) is 0 Å². The van der Waals surface area contributed by atoms with E-state index in [2.05, 4.69) is 36.8 Å². The Morgan fingerprint density at radius 2 is 1.75 bits per heavy atom. The predicted molar refractivity (Wildman–Crippen MR) is 87.6 cm³/mol. The van der Waals surface area contributed by atoms with Gasteiger partial charge < -0.3 is 5.11 Å². The monoisotopic (exact) mass is 391 g/mol. The topological polar surface area (TPSA) is 33.1 Å². The number of aromatic nitrogens is 1. The van der Waals surface area contributed by atoms with E-state index < -0.39 is 6.10 Å². The van der Waals surface area contributed by atoms with E-state index in [0.29, 0.717) is 0 Å². The van der Waals surface area contributed by atoms with Crippen molar-refractivity contribution in [1.29, 1.82) is 0 Å². The molecule has 20 heavy (non-hydrogen) atoms. The molecule has 1 aromatic heterocycles. The van der Waals surface area contributed by atoms with Crippen LogP contribution in [0.4, 0.5) is 0 Å². The number of rotatable bonds is 2. The molecule has 0 saturated carbocycles. The van der Waals surface area contributed by atoms with E-state index in [9.17, 15) is 5.11 Å². The van der Waals surface area contributed by atoms with Crippen LogP contribution in [-0.2, 0) is 0 Å². The Balaban J connectivity index is 2.17. The molecule has 3 aromatic rings. The average molecular weight is 393 g/mol. The maximum absolute atomic E-state index is 10.7. The average Bonchev–Trinajstić information content (AvgIpc) is 2.48. The Hall–Kier alpha value is -1.23. The van der Waals surface area contributed by atoms with Gasteiger partial charge in [-0.1, -0.05) is 56.1 Å². The van der Waals surface area contributed by atoms with Gasteiger partial charge in [-0.2, -0.15) is 0 Å². The predicted octanol–water partition coefficient (Wildman–Crippen LogP) is 4.84. The highest BCUT2D eigenvalue weighted by Crippen LogP contribution is 2.33. The van der Waals surface area contributed by atoms with E-state index >= 15 is 0 Å². The molecule has 2 aromatic carbocycles. The van der Waals surface area contributed by atoms with Gasteiger partial charge in [-0.3, -0.25) is 4.98 Å². The molecular formula is C16H11Br2NO. The van der Waals surface area contributed by atoms with Crippen LogP contribution in [0.25, 0.3) is 10.8 Å². The van der Waals surface area contributed by atoms with Crippen LogP contribution in [0, 0.1) is 0 Å². The van der Waals surface area contributed by atoms with E-state index in [4.69, 9.17) is 0 Å². The van der Waals surface area contributed by atoms with Crippen LogP contribution in [0.5, 0.6) is 0 Å². The minimum Gasteiger partial charge on any atom is -0.384 e. The van der Waals surface area contributed by atoms with Gasteiger partial charge in [0.1, 0.15) is 6.10 Å². The van der Waals surface area contributed by atoms with E-state index in [-0.39, 0.29) is 0 Å². The number of nitrogens with zero attached hydrogens (tertiary/aromatic N) is 1. The van der Waals surface area contributed by atoms with Crippen LogP contribution < -0.4 is 0 Å². The van der Waals surface area contributed by atoms with Crippen LogP contribution in [-0.4, -0.2) is 10.1 Å². The van der Waals surface area contributed by atoms with Crippen molar-refractivity contribution in [2.45, 2.75) is 6.10 Å². The third kappa shape index (κ3) is 2.51. The molecule has 0 spiro atoms.